The lowest BCUT2D eigenvalue weighted by Gasteiger charge is -2.33. The molecule has 1 aliphatic rings. The number of amides is 2. The minimum absolute atomic E-state index is 0. The molecule has 1 saturated heterocycles. The number of hydrogen-bond donors (Lipinski definition) is 2. The van der Waals surface area contributed by atoms with Crippen molar-refractivity contribution in [1.82, 2.24) is 10.2 Å². The number of hydrogen-bond acceptors (Lipinski definition) is 3. The molecule has 0 aromatic heterocycles. The Kier molecular flexibility index (Phi) is 7.59. The van der Waals surface area contributed by atoms with Crippen LogP contribution in [0.3, 0.4) is 0 Å². The Morgan fingerprint density at radius 1 is 1.16 bits per heavy atom. The van der Waals surface area contributed by atoms with Crippen molar-refractivity contribution in [3.05, 3.63) is 0 Å². The minimum atomic E-state index is -5.52. The lowest BCUT2D eigenvalue weighted by atomic mass is 9.85. The molecule has 0 saturated carbocycles. The second-order valence-electron chi connectivity index (χ2n) is 6.13. The van der Waals surface area contributed by atoms with Gasteiger partial charge in [0.15, 0.2) is 5.41 Å². The van der Waals surface area contributed by atoms with E-state index in [1.807, 2.05) is 0 Å². The number of carbonyl (C=O) groups excluding carboxylic acids is 2. The molecule has 1 atom stereocenters. The summed E-state index contributed by atoms with van der Waals surface area (Å²) in [5, 5.41) is 2.13. The zero-order chi connectivity index (χ0) is 18.9. The predicted octanol–water partition coefficient (Wildman–Crippen LogP) is 1.85. The fourth-order valence-corrected chi connectivity index (χ4v) is 2.34. The standard InChI is InChI=1S/C13H19F6N3O2.ClH/c1-7(2)9(20)10(24)21-5-8(23)22-4-3-11(6-22,12(14,15)16)13(17,18)19;/h7,9H,3-6,20H2,1-2H3,(H,21,24);1H/t9-;/m0./s1. The normalized spacial score (nSPS) is 18.7. The first-order chi connectivity index (χ1) is 10.7. The lowest BCUT2D eigenvalue weighted by Crippen LogP contribution is -2.53. The van der Waals surface area contributed by atoms with Gasteiger partial charge in [0.1, 0.15) is 0 Å². The van der Waals surface area contributed by atoms with Crippen LogP contribution < -0.4 is 11.1 Å². The topological polar surface area (TPSA) is 75.4 Å². The number of nitrogens with zero attached hydrogens (tertiary/aromatic N) is 1. The number of carbonyl (C=O) groups is 2. The molecule has 0 aliphatic carbocycles. The Bertz CT molecular complexity index is 481. The molecule has 1 aliphatic heterocycles. The van der Waals surface area contributed by atoms with Crippen LogP contribution in [0.2, 0.25) is 0 Å². The third kappa shape index (κ3) is 4.90. The number of alkyl halides is 6. The van der Waals surface area contributed by atoms with Crippen LogP contribution in [0, 0.1) is 11.3 Å². The fraction of sp³-hybridized carbons (Fsp3) is 0.846. The first-order valence-electron chi connectivity index (χ1n) is 7.17. The van der Waals surface area contributed by atoms with E-state index < -0.39 is 61.7 Å². The van der Waals surface area contributed by atoms with Crippen molar-refractivity contribution in [1.29, 1.82) is 0 Å². The molecule has 1 fully saturated rings. The van der Waals surface area contributed by atoms with Crippen molar-refractivity contribution in [2.45, 2.75) is 38.7 Å². The summed E-state index contributed by atoms with van der Waals surface area (Å²) in [6, 6.07) is -0.930. The highest BCUT2D eigenvalue weighted by atomic mass is 35.5. The van der Waals surface area contributed by atoms with Crippen LogP contribution in [-0.4, -0.2) is 54.7 Å². The number of rotatable bonds is 4. The molecule has 3 N–H and O–H groups in total. The Labute approximate surface area is 146 Å². The summed E-state index contributed by atoms with van der Waals surface area (Å²) in [6.45, 7) is 0.390. The van der Waals surface area contributed by atoms with Crippen LogP contribution in [0.25, 0.3) is 0 Å². The van der Waals surface area contributed by atoms with Gasteiger partial charge in [-0.1, -0.05) is 13.8 Å². The van der Waals surface area contributed by atoms with E-state index in [-0.39, 0.29) is 18.3 Å². The van der Waals surface area contributed by atoms with E-state index in [9.17, 15) is 35.9 Å². The summed E-state index contributed by atoms with van der Waals surface area (Å²) < 4.78 is 77.5. The van der Waals surface area contributed by atoms with E-state index in [0.717, 1.165) is 0 Å². The Morgan fingerprint density at radius 3 is 2.00 bits per heavy atom. The molecule has 1 rings (SSSR count). The smallest absolute Gasteiger partial charge is 0.346 e. The van der Waals surface area contributed by atoms with Gasteiger partial charge in [-0.3, -0.25) is 9.59 Å². The average Bonchev–Trinajstić information content (AvgIpc) is 2.89. The fourth-order valence-electron chi connectivity index (χ4n) is 2.34. The third-order valence-corrected chi connectivity index (χ3v) is 4.14. The molecule has 0 aromatic rings. The van der Waals surface area contributed by atoms with E-state index in [0.29, 0.717) is 4.90 Å². The zero-order valence-corrected chi connectivity index (χ0v) is 14.3. The zero-order valence-electron chi connectivity index (χ0n) is 13.5. The van der Waals surface area contributed by atoms with E-state index >= 15 is 0 Å². The monoisotopic (exact) mass is 399 g/mol. The summed E-state index contributed by atoms with van der Waals surface area (Å²) in [5.41, 5.74) is 1.59. The highest BCUT2D eigenvalue weighted by Gasteiger charge is 2.72. The summed E-state index contributed by atoms with van der Waals surface area (Å²) >= 11 is 0. The average molecular weight is 400 g/mol. The van der Waals surface area contributed by atoms with Crippen LogP contribution in [0.5, 0.6) is 0 Å². The van der Waals surface area contributed by atoms with Gasteiger partial charge in [-0.2, -0.15) is 26.3 Å². The molecule has 1 heterocycles. The molecule has 0 spiro atoms. The lowest BCUT2D eigenvalue weighted by molar-refractivity contribution is -0.334. The van der Waals surface area contributed by atoms with Gasteiger partial charge in [0.05, 0.1) is 12.6 Å². The SMILES string of the molecule is CC(C)[C@H](N)C(=O)NCC(=O)N1CCC(C(F)(F)F)(C(F)(F)F)C1.Cl. The van der Waals surface area contributed by atoms with Crippen molar-refractivity contribution in [3.63, 3.8) is 0 Å². The first kappa shape index (κ1) is 23.8. The van der Waals surface area contributed by atoms with E-state index in [4.69, 9.17) is 5.73 Å². The van der Waals surface area contributed by atoms with Crippen molar-refractivity contribution in [2.24, 2.45) is 17.1 Å². The quantitative estimate of drug-likeness (QED) is 0.708. The molecular formula is C13H20ClF6N3O2. The summed E-state index contributed by atoms with van der Waals surface area (Å²) in [7, 11) is 0. The molecule has 0 radical (unpaired) electrons. The Hall–Kier alpha value is -1.23. The van der Waals surface area contributed by atoms with E-state index in [2.05, 4.69) is 5.32 Å². The van der Waals surface area contributed by atoms with Crippen LogP contribution in [-0.2, 0) is 9.59 Å². The second kappa shape index (κ2) is 7.98. The van der Waals surface area contributed by atoms with Gasteiger partial charge < -0.3 is 16.0 Å². The number of likely N-dealkylation sites (tertiary alicyclic amines) is 1. The van der Waals surface area contributed by atoms with Gasteiger partial charge in [-0.25, -0.2) is 0 Å². The molecule has 0 bridgehead atoms. The first-order valence-corrected chi connectivity index (χ1v) is 7.17. The minimum Gasteiger partial charge on any atom is -0.346 e. The van der Waals surface area contributed by atoms with E-state index in [1.54, 1.807) is 13.8 Å². The third-order valence-electron chi connectivity index (χ3n) is 4.14. The molecular weight excluding hydrogens is 380 g/mol. The van der Waals surface area contributed by atoms with Crippen molar-refractivity contribution in [2.75, 3.05) is 19.6 Å². The van der Waals surface area contributed by atoms with Gasteiger partial charge in [0, 0.05) is 13.1 Å². The highest BCUT2D eigenvalue weighted by molar-refractivity contribution is 5.87. The predicted molar refractivity (Wildman–Crippen MR) is 78.8 cm³/mol. The maximum Gasteiger partial charge on any atom is 0.404 e. The highest BCUT2D eigenvalue weighted by Crippen LogP contribution is 2.55. The van der Waals surface area contributed by atoms with E-state index in [1.165, 1.54) is 0 Å². The number of halogens is 7. The molecule has 0 unspecified atom stereocenters. The summed E-state index contributed by atoms with van der Waals surface area (Å²) in [5.74, 6) is -1.96. The number of nitrogens with one attached hydrogen (secondary N) is 1. The van der Waals surface area contributed by atoms with Crippen molar-refractivity contribution < 1.29 is 35.9 Å². The maximum atomic E-state index is 12.9. The molecule has 5 nitrogen and oxygen atoms in total. The molecule has 2 amide bonds. The van der Waals surface area contributed by atoms with Crippen LogP contribution in [0.4, 0.5) is 26.3 Å². The van der Waals surface area contributed by atoms with Gasteiger partial charge in [-0.15, -0.1) is 12.4 Å². The number of nitrogens with two attached hydrogens (primary N) is 1. The van der Waals surface area contributed by atoms with Crippen molar-refractivity contribution in [3.8, 4) is 0 Å². The van der Waals surface area contributed by atoms with Crippen LogP contribution >= 0.6 is 12.4 Å². The summed E-state index contributed by atoms with van der Waals surface area (Å²) in [4.78, 5) is 23.9. The van der Waals surface area contributed by atoms with Crippen molar-refractivity contribution >= 4 is 24.2 Å². The van der Waals surface area contributed by atoms with Crippen LogP contribution in [0.15, 0.2) is 0 Å². The molecule has 12 heteroatoms. The van der Waals surface area contributed by atoms with Gasteiger partial charge in [0.2, 0.25) is 11.8 Å². The van der Waals surface area contributed by atoms with Gasteiger partial charge in [-0.05, 0) is 12.3 Å². The Morgan fingerprint density at radius 2 is 1.64 bits per heavy atom. The Balaban J connectivity index is 0.00000576. The largest absolute Gasteiger partial charge is 0.404 e. The van der Waals surface area contributed by atoms with Gasteiger partial charge in [0.25, 0.3) is 0 Å². The van der Waals surface area contributed by atoms with Crippen LogP contribution in [0.1, 0.15) is 20.3 Å². The summed E-state index contributed by atoms with van der Waals surface area (Å²) in [6.07, 6.45) is -12.3. The second-order valence-corrected chi connectivity index (χ2v) is 6.13. The maximum absolute atomic E-state index is 12.9. The molecule has 148 valence electrons. The molecule has 25 heavy (non-hydrogen) atoms. The molecule has 0 aromatic carbocycles. The van der Waals surface area contributed by atoms with Gasteiger partial charge >= 0.3 is 12.4 Å².